The lowest BCUT2D eigenvalue weighted by molar-refractivity contribution is -0.139. The summed E-state index contributed by atoms with van der Waals surface area (Å²) in [6.07, 6.45) is 0.0227. The van der Waals surface area contributed by atoms with Crippen molar-refractivity contribution in [2.75, 3.05) is 26.6 Å². The lowest BCUT2D eigenvalue weighted by atomic mass is 10.0. The molecule has 0 aliphatic heterocycles. The standard InChI is InChI=1S/C32H31FN2O5/c1-38-25-14-9-13-23(19-25)31(32(37)34-28-17-16-26(39-2)20-29(28)40-3)35(21-24-12-7-8-15-27(24)33)30(36)18-22-10-5-4-6-11-22/h4-17,19-20,31H,18,21H2,1-3H3,(H,34,37). The highest BCUT2D eigenvalue weighted by atomic mass is 19.1. The van der Waals surface area contributed by atoms with Crippen molar-refractivity contribution in [3.8, 4) is 17.2 Å². The van der Waals surface area contributed by atoms with Gasteiger partial charge < -0.3 is 24.4 Å². The zero-order valence-electron chi connectivity index (χ0n) is 22.6. The van der Waals surface area contributed by atoms with Crippen molar-refractivity contribution in [2.45, 2.75) is 19.0 Å². The molecule has 4 rings (SSSR count). The second-order valence-electron chi connectivity index (χ2n) is 9.01. The molecule has 0 saturated heterocycles. The largest absolute Gasteiger partial charge is 0.497 e. The normalized spacial score (nSPS) is 11.3. The maximum absolute atomic E-state index is 14.9. The summed E-state index contributed by atoms with van der Waals surface area (Å²) in [5.74, 6) is 0.126. The van der Waals surface area contributed by atoms with E-state index in [1.807, 2.05) is 30.3 Å². The van der Waals surface area contributed by atoms with Gasteiger partial charge in [0.05, 0.1) is 33.4 Å². The van der Waals surface area contributed by atoms with Crippen LogP contribution in [0.2, 0.25) is 0 Å². The number of hydrogen-bond acceptors (Lipinski definition) is 5. The van der Waals surface area contributed by atoms with Crippen LogP contribution >= 0.6 is 0 Å². The van der Waals surface area contributed by atoms with Gasteiger partial charge in [-0.2, -0.15) is 0 Å². The smallest absolute Gasteiger partial charge is 0.251 e. The number of carbonyl (C=O) groups excluding carboxylic acids is 2. The molecule has 0 aromatic heterocycles. The van der Waals surface area contributed by atoms with E-state index in [9.17, 15) is 14.0 Å². The van der Waals surface area contributed by atoms with E-state index in [1.165, 1.54) is 32.3 Å². The van der Waals surface area contributed by atoms with Gasteiger partial charge in [-0.05, 0) is 41.5 Å². The molecule has 40 heavy (non-hydrogen) atoms. The summed E-state index contributed by atoms with van der Waals surface area (Å²) in [5, 5.41) is 2.90. The van der Waals surface area contributed by atoms with Gasteiger partial charge in [-0.1, -0.05) is 60.7 Å². The molecule has 0 radical (unpaired) electrons. The Balaban J connectivity index is 1.80. The molecule has 206 valence electrons. The van der Waals surface area contributed by atoms with Crippen molar-refractivity contribution >= 4 is 17.5 Å². The zero-order valence-corrected chi connectivity index (χ0v) is 22.6. The fourth-order valence-electron chi connectivity index (χ4n) is 4.39. The average Bonchev–Trinajstić information content (AvgIpc) is 2.98. The van der Waals surface area contributed by atoms with E-state index in [0.717, 1.165) is 5.56 Å². The molecule has 1 N–H and O–H groups in total. The zero-order chi connectivity index (χ0) is 28.5. The van der Waals surface area contributed by atoms with Gasteiger partial charge in [-0.3, -0.25) is 9.59 Å². The predicted octanol–water partition coefficient (Wildman–Crippen LogP) is 5.80. The Labute approximate surface area is 233 Å². The maximum atomic E-state index is 14.9. The molecule has 0 aliphatic carbocycles. The summed E-state index contributed by atoms with van der Waals surface area (Å²) in [7, 11) is 4.54. The molecule has 0 fully saturated rings. The van der Waals surface area contributed by atoms with Gasteiger partial charge in [0.25, 0.3) is 5.91 Å². The molecule has 4 aromatic rings. The van der Waals surface area contributed by atoms with Crippen LogP contribution in [0.15, 0.2) is 97.1 Å². The molecule has 8 heteroatoms. The third-order valence-corrected chi connectivity index (χ3v) is 6.45. The van der Waals surface area contributed by atoms with E-state index in [0.29, 0.717) is 28.5 Å². The number of carbonyl (C=O) groups is 2. The molecular formula is C32H31FN2O5. The summed E-state index contributed by atoms with van der Waals surface area (Å²) in [6, 6.07) is 26.2. The van der Waals surface area contributed by atoms with Crippen molar-refractivity contribution < 1.29 is 28.2 Å². The first-order chi connectivity index (χ1) is 19.4. The number of nitrogens with one attached hydrogen (secondary N) is 1. The Morgan fingerprint density at radius 1 is 0.800 bits per heavy atom. The topological polar surface area (TPSA) is 77.1 Å². The quantitative estimate of drug-likeness (QED) is 0.259. The average molecular weight is 543 g/mol. The van der Waals surface area contributed by atoms with Crippen LogP contribution in [0, 0.1) is 5.82 Å². The highest BCUT2D eigenvalue weighted by molar-refractivity contribution is 5.99. The first-order valence-corrected chi connectivity index (χ1v) is 12.7. The van der Waals surface area contributed by atoms with E-state index in [2.05, 4.69) is 5.32 Å². The minimum atomic E-state index is -1.13. The summed E-state index contributed by atoms with van der Waals surface area (Å²) >= 11 is 0. The van der Waals surface area contributed by atoms with Gasteiger partial charge in [0.15, 0.2) is 0 Å². The summed E-state index contributed by atoms with van der Waals surface area (Å²) in [4.78, 5) is 29.4. The van der Waals surface area contributed by atoms with E-state index in [-0.39, 0.29) is 24.4 Å². The van der Waals surface area contributed by atoms with Gasteiger partial charge in [0, 0.05) is 18.2 Å². The molecule has 0 saturated carbocycles. The predicted molar refractivity (Wildman–Crippen MR) is 151 cm³/mol. The van der Waals surface area contributed by atoms with Crippen LogP contribution in [0.25, 0.3) is 0 Å². The van der Waals surface area contributed by atoms with Gasteiger partial charge in [-0.25, -0.2) is 4.39 Å². The lowest BCUT2D eigenvalue weighted by Crippen LogP contribution is -2.42. The number of amides is 2. The molecule has 1 atom stereocenters. The monoisotopic (exact) mass is 542 g/mol. The summed E-state index contributed by atoms with van der Waals surface area (Å²) in [5.41, 5.74) is 1.95. The van der Waals surface area contributed by atoms with Crippen LogP contribution in [0.5, 0.6) is 17.2 Å². The Kier molecular flexibility index (Phi) is 9.35. The van der Waals surface area contributed by atoms with Crippen molar-refractivity contribution in [2.24, 2.45) is 0 Å². The third-order valence-electron chi connectivity index (χ3n) is 6.45. The van der Waals surface area contributed by atoms with Crippen molar-refractivity contribution in [1.29, 1.82) is 0 Å². The molecule has 1 unspecified atom stereocenters. The van der Waals surface area contributed by atoms with Gasteiger partial charge in [0.2, 0.25) is 5.91 Å². The highest BCUT2D eigenvalue weighted by Crippen LogP contribution is 2.33. The molecule has 0 heterocycles. The number of hydrogen-bond donors (Lipinski definition) is 1. The second kappa shape index (κ2) is 13.3. The lowest BCUT2D eigenvalue weighted by Gasteiger charge is -2.32. The minimum absolute atomic E-state index is 0.0227. The number of methoxy groups -OCH3 is 3. The molecule has 7 nitrogen and oxygen atoms in total. The maximum Gasteiger partial charge on any atom is 0.251 e. The highest BCUT2D eigenvalue weighted by Gasteiger charge is 2.33. The number of benzene rings is 4. The van der Waals surface area contributed by atoms with E-state index >= 15 is 0 Å². The molecular weight excluding hydrogens is 511 g/mol. The summed E-state index contributed by atoms with van der Waals surface area (Å²) in [6.45, 7) is -0.132. The number of halogens is 1. The van der Waals surface area contributed by atoms with Crippen LogP contribution < -0.4 is 19.5 Å². The number of anilines is 1. The molecule has 0 bridgehead atoms. The summed E-state index contributed by atoms with van der Waals surface area (Å²) < 4.78 is 31.0. The second-order valence-corrected chi connectivity index (χ2v) is 9.01. The first-order valence-electron chi connectivity index (χ1n) is 12.7. The Hall–Kier alpha value is -4.85. The van der Waals surface area contributed by atoms with Crippen molar-refractivity contribution in [3.05, 3.63) is 120 Å². The number of ether oxygens (including phenoxy) is 3. The van der Waals surface area contributed by atoms with E-state index in [4.69, 9.17) is 14.2 Å². The Morgan fingerprint density at radius 3 is 2.20 bits per heavy atom. The fraction of sp³-hybridized carbons (Fsp3) is 0.188. The molecule has 0 spiro atoms. The molecule has 2 amide bonds. The van der Waals surface area contributed by atoms with Crippen molar-refractivity contribution in [3.63, 3.8) is 0 Å². The van der Waals surface area contributed by atoms with Crippen LogP contribution in [0.1, 0.15) is 22.7 Å². The van der Waals surface area contributed by atoms with Crippen LogP contribution in [-0.2, 0) is 22.6 Å². The number of nitrogens with zero attached hydrogens (tertiary/aromatic N) is 1. The number of rotatable bonds is 11. The minimum Gasteiger partial charge on any atom is -0.497 e. The van der Waals surface area contributed by atoms with Gasteiger partial charge in [0.1, 0.15) is 29.1 Å². The van der Waals surface area contributed by atoms with Gasteiger partial charge in [-0.15, -0.1) is 0 Å². The van der Waals surface area contributed by atoms with E-state index in [1.54, 1.807) is 60.7 Å². The molecule has 4 aromatic carbocycles. The molecule has 0 aliphatic rings. The van der Waals surface area contributed by atoms with Crippen LogP contribution in [0.4, 0.5) is 10.1 Å². The Bertz CT molecular complexity index is 1460. The van der Waals surface area contributed by atoms with E-state index < -0.39 is 17.8 Å². The Morgan fingerprint density at radius 2 is 1.50 bits per heavy atom. The van der Waals surface area contributed by atoms with Crippen molar-refractivity contribution in [1.82, 2.24) is 4.90 Å². The van der Waals surface area contributed by atoms with Crippen LogP contribution in [-0.4, -0.2) is 38.0 Å². The van der Waals surface area contributed by atoms with Crippen LogP contribution in [0.3, 0.4) is 0 Å². The fourth-order valence-corrected chi connectivity index (χ4v) is 4.39. The first kappa shape index (κ1) is 28.2. The van der Waals surface area contributed by atoms with Gasteiger partial charge >= 0.3 is 0 Å². The SMILES string of the molecule is COc1cccc(C(C(=O)Nc2ccc(OC)cc2OC)N(Cc2ccccc2F)C(=O)Cc2ccccc2)c1. The third kappa shape index (κ3) is 6.77.